The predicted molar refractivity (Wildman–Crippen MR) is 92.8 cm³/mol. The third-order valence-electron chi connectivity index (χ3n) is 3.99. The Morgan fingerprint density at radius 3 is 2.76 bits per heavy atom. The molecule has 0 spiro atoms. The monoisotopic (exact) mass is 342 g/mol. The van der Waals surface area contributed by atoms with E-state index >= 15 is 0 Å². The lowest BCUT2D eigenvalue weighted by molar-refractivity contribution is -0.130. The molecule has 1 aliphatic heterocycles. The molecule has 132 valence electrons. The average Bonchev–Trinajstić information content (AvgIpc) is 3.09. The van der Waals surface area contributed by atoms with E-state index in [0.29, 0.717) is 25.4 Å². The van der Waals surface area contributed by atoms with E-state index in [9.17, 15) is 4.79 Å². The number of amides is 1. The van der Waals surface area contributed by atoms with Crippen molar-refractivity contribution in [1.29, 1.82) is 0 Å². The van der Waals surface area contributed by atoms with Gasteiger partial charge in [-0.25, -0.2) is 0 Å². The zero-order chi connectivity index (χ0) is 17.6. The highest BCUT2D eigenvalue weighted by molar-refractivity contribution is 5.78. The zero-order valence-electron chi connectivity index (χ0n) is 14.5. The predicted octanol–water partition coefficient (Wildman–Crippen LogP) is 2.80. The van der Waals surface area contributed by atoms with E-state index in [1.165, 1.54) is 0 Å². The summed E-state index contributed by atoms with van der Waals surface area (Å²) in [5.41, 5.74) is 1.75. The van der Waals surface area contributed by atoms with Crippen LogP contribution in [0.4, 0.5) is 0 Å². The van der Waals surface area contributed by atoms with Crippen molar-refractivity contribution in [2.24, 2.45) is 0 Å². The van der Waals surface area contributed by atoms with Crippen LogP contribution in [-0.4, -0.2) is 35.7 Å². The van der Waals surface area contributed by atoms with Gasteiger partial charge in [0.05, 0.1) is 19.2 Å². The van der Waals surface area contributed by atoms with Crippen LogP contribution in [0.5, 0.6) is 17.2 Å². The number of hydrogen-bond acceptors (Lipinski definition) is 5. The number of likely N-dealkylation sites (N-methyl/N-ethyl adjacent to an activating group) is 1. The summed E-state index contributed by atoms with van der Waals surface area (Å²) in [6.07, 6.45) is 1.92. The Kier molecular flexibility index (Phi) is 5.38. The van der Waals surface area contributed by atoms with Crippen LogP contribution >= 0.6 is 0 Å². The summed E-state index contributed by atoms with van der Waals surface area (Å²) in [4.78, 5) is 18.7. The fourth-order valence-corrected chi connectivity index (χ4v) is 2.67. The Morgan fingerprint density at radius 2 is 2.04 bits per heavy atom. The van der Waals surface area contributed by atoms with Crippen molar-refractivity contribution in [3.63, 3.8) is 0 Å². The van der Waals surface area contributed by atoms with Crippen LogP contribution < -0.4 is 14.2 Å². The Labute approximate surface area is 147 Å². The molecule has 3 rings (SSSR count). The number of carbonyl (C=O) groups is 1. The molecule has 2 aromatic rings. The summed E-state index contributed by atoms with van der Waals surface area (Å²) in [5.74, 6) is 2.23. The number of pyridine rings is 1. The van der Waals surface area contributed by atoms with Crippen LogP contribution in [0.25, 0.3) is 0 Å². The summed E-state index contributed by atoms with van der Waals surface area (Å²) in [6.45, 7) is 5.90. The Balaban J connectivity index is 1.62. The van der Waals surface area contributed by atoms with Crippen LogP contribution in [0.2, 0.25) is 0 Å². The van der Waals surface area contributed by atoms with Crippen LogP contribution in [-0.2, 0) is 17.8 Å². The molecule has 1 aliphatic rings. The van der Waals surface area contributed by atoms with E-state index in [1.54, 1.807) is 11.1 Å². The fraction of sp³-hybridized carbons (Fsp3) is 0.368. The molecular formula is C19H22N2O4. The molecule has 0 unspecified atom stereocenters. The summed E-state index contributed by atoms with van der Waals surface area (Å²) in [5, 5.41) is 0. The number of rotatable bonds is 7. The van der Waals surface area contributed by atoms with Crippen molar-refractivity contribution < 1.29 is 19.0 Å². The standard InChI is InChI=1S/C19H22N2O4/c1-3-21(12-14-5-8-17-18(9-14)25-13-24-17)19(22)10-15-6-7-16(11-20-15)23-4-2/h5-9,11H,3-4,10,12-13H2,1-2H3. The molecular weight excluding hydrogens is 320 g/mol. The van der Waals surface area contributed by atoms with E-state index < -0.39 is 0 Å². The third kappa shape index (κ3) is 4.21. The quantitative estimate of drug-likeness (QED) is 0.774. The highest BCUT2D eigenvalue weighted by Crippen LogP contribution is 2.32. The maximum Gasteiger partial charge on any atom is 0.231 e. The van der Waals surface area contributed by atoms with Gasteiger partial charge in [0.25, 0.3) is 0 Å². The van der Waals surface area contributed by atoms with Crippen LogP contribution in [0.1, 0.15) is 25.1 Å². The highest BCUT2D eigenvalue weighted by atomic mass is 16.7. The third-order valence-corrected chi connectivity index (χ3v) is 3.99. The van der Waals surface area contributed by atoms with Crippen molar-refractivity contribution in [3.05, 3.63) is 47.8 Å². The first kappa shape index (κ1) is 17.1. The molecule has 6 nitrogen and oxygen atoms in total. The summed E-state index contributed by atoms with van der Waals surface area (Å²) in [6, 6.07) is 9.43. The molecule has 0 atom stereocenters. The van der Waals surface area contributed by atoms with Gasteiger partial charge in [0.1, 0.15) is 5.75 Å². The van der Waals surface area contributed by atoms with Crippen molar-refractivity contribution in [1.82, 2.24) is 9.88 Å². The number of fused-ring (bicyclic) bond motifs is 1. The lowest BCUT2D eigenvalue weighted by atomic mass is 10.1. The molecule has 2 heterocycles. The van der Waals surface area contributed by atoms with E-state index in [1.807, 2.05) is 44.2 Å². The zero-order valence-corrected chi connectivity index (χ0v) is 14.5. The molecule has 0 aliphatic carbocycles. The van der Waals surface area contributed by atoms with Crippen LogP contribution in [0, 0.1) is 0 Å². The molecule has 0 saturated carbocycles. The lowest BCUT2D eigenvalue weighted by Gasteiger charge is -2.21. The number of carbonyl (C=O) groups excluding carboxylic acids is 1. The minimum absolute atomic E-state index is 0.0387. The van der Waals surface area contributed by atoms with E-state index in [2.05, 4.69) is 4.98 Å². The highest BCUT2D eigenvalue weighted by Gasteiger charge is 2.17. The second-order valence-electron chi connectivity index (χ2n) is 5.69. The van der Waals surface area contributed by atoms with Gasteiger partial charge in [-0.2, -0.15) is 0 Å². The molecule has 0 bridgehead atoms. The Hall–Kier alpha value is -2.76. The number of hydrogen-bond donors (Lipinski definition) is 0. The van der Waals surface area contributed by atoms with Crippen molar-refractivity contribution in [2.45, 2.75) is 26.8 Å². The first-order chi connectivity index (χ1) is 12.2. The molecule has 1 aromatic carbocycles. The largest absolute Gasteiger partial charge is 0.492 e. The van der Waals surface area contributed by atoms with Crippen LogP contribution in [0.15, 0.2) is 36.5 Å². The first-order valence-electron chi connectivity index (χ1n) is 8.43. The molecule has 1 amide bonds. The molecule has 0 saturated heterocycles. The van der Waals surface area contributed by atoms with Crippen LogP contribution in [0.3, 0.4) is 0 Å². The van der Waals surface area contributed by atoms with Gasteiger partial charge in [-0.05, 0) is 43.7 Å². The Bertz CT molecular complexity index is 731. The molecule has 25 heavy (non-hydrogen) atoms. The fourth-order valence-electron chi connectivity index (χ4n) is 2.67. The number of nitrogens with zero attached hydrogens (tertiary/aromatic N) is 2. The second kappa shape index (κ2) is 7.88. The normalized spacial score (nSPS) is 12.1. The van der Waals surface area contributed by atoms with Gasteiger partial charge in [-0.1, -0.05) is 6.07 Å². The van der Waals surface area contributed by atoms with E-state index in [0.717, 1.165) is 22.8 Å². The summed E-state index contributed by atoms with van der Waals surface area (Å²) in [7, 11) is 0. The maximum absolute atomic E-state index is 12.6. The average molecular weight is 342 g/mol. The summed E-state index contributed by atoms with van der Waals surface area (Å²) < 4.78 is 16.1. The smallest absolute Gasteiger partial charge is 0.231 e. The van der Waals surface area contributed by atoms with Gasteiger partial charge in [-0.15, -0.1) is 0 Å². The van der Waals surface area contributed by atoms with Gasteiger partial charge in [0.2, 0.25) is 12.7 Å². The van der Waals surface area contributed by atoms with E-state index in [-0.39, 0.29) is 19.1 Å². The number of benzene rings is 1. The van der Waals surface area contributed by atoms with Crippen molar-refractivity contribution in [2.75, 3.05) is 19.9 Å². The SMILES string of the molecule is CCOc1ccc(CC(=O)N(CC)Cc2ccc3c(c2)OCO3)nc1. The second-order valence-corrected chi connectivity index (χ2v) is 5.69. The maximum atomic E-state index is 12.6. The van der Waals surface area contributed by atoms with Crippen molar-refractivity contribution in [3.8, 4) is 17.2 Å². The molecule has 0 N–H and O–H groups in total. The topological polar surface area (TPSA) is 60.9 Å². The lowest BCUT2D eigenvalue weighted by Crippen LogP contribution is -2.31. The minimum atomic E-state index is 0.0387. The summed E-state index contributed by atoms with van der Waals surface area (Å²) >= 11 is 0. The van der Waals surface area contributed by atoms with Crippen molar-refractivity contribution >= 4 is 5.91 Å². The van der Waals surface area contributed by atoms with E-state index in [4.69, 9.17) is 14.2 Å². The molecule has 0 fully saturated rings. The van der Waals surface area contributed by atoms with Gasteiger partial charge >= 0.3 is 0 Å². The molecule has 6 heteroatoms. The van der Waals surface area contributed by atoms with Gasteiger partial charge in [0, 0.05) is 18.8 Å². The Morgan fingerprint density at radius 1 is 1.20 bits per heavy atom. The van der Waals surface area contributed by atoms with Gasteiger partial charge in [-0.3, -0.25) is 9.78 Å². The van der Waals surface area contributed by atoms with Gasteiger partial charge < -0.3 is 19.1 Å². The number of ether oxygens (including phenoxy) is 3. The molecule has 1 aromatic heterocycles. The minimum Gasteiger partial charge on any atom is -0.492 e. The molecule has 0 radical (unpaired) electrons. The number of aromatic nitrogens is 1. The first-order valence-corrected chi connectivity index (χ1v) is 8.43. The van der Waals surface area contributed by atoms with Gasteiger partial charge in [0.15, 0.2) is 11.5 Å².